The standard InChI is InChI=1S/C14H15N3O2/c1-9-5-3-4-6-12(9)17-8-11(7-13(17)18)14-15-10(2)16-19-14/h3-6,11H,7-8H2,1-2H3/t11-/m1/s1. The maximum absolute atomic E-state index is 12.2. The topological polar surface area (TPSA) is 59.2 Å². The van der Waals surface area contributed by atoms with Crippen LogP contribution >= 0.6 is 0 Å². The zero-order valence-electron chi connectivity index (χ0n) is 11.0. The van der Waals surface area contributed by atoms with Crippen molar-refractivity contribution in [2.24, 2.45) is 0 Å². The molecule has 1 amide bonds. The molecule has 5 nitrogen and oxygen atoms in total. The van der Waals surface area contributed by atoms with Gasteiger partial charge in [0.15, 0.2) is 5.82 Å². The van der Waals surface area contributed by atoms with Crippen molar-refractivity contribution < 1.29 is 9.32 Å². The van der Waals surface area contributed by atoms with E-state index in [9.17, 15) is 4.79 Å². The third-order valence-electron chi connectivity index (χ3n) is 3.42. The SMILES string of the molecule is Cc1noc([C@@H]2CC(=O)N(c3ccccc3C)C2)n1. The lowest BCUT2D eigenvalue weighted by molar-refractivity contribution is -0.117. The van der Waals surface area contributed by atoms with Gasteiger partial charge in [-0.1, -0.05) is 23.4 Å². The number of aromatic nitrogens is 2. The van der Waals surface area contributed by atoms with Crippen molar-refractivity contribution in [3.05, 3.63) is 41.5 Å². The summed E-state index contributed by atoms with van der Waals surface area (Å²) >= 11 is 0. The summed E-state index contributed by atoms with van der Waals surface area (Å²) in [5.74, 6) is 1.27. The summed E-state index contributed by atoms with van der Waals surface area (Å²) in [7, 11) is 0. The number of para-hydroxylation sites is 1. The summed E-state index contributed by atoms with van der Waals surface area (Å²) in [6.45, 7) is 4.39. The van der Waals surface area contributed by atoms with Crippen LogP contribution in [0.25, 0.3) is 0 Å². The molecule has 2 aromatic rings. The number of aryl methyl sites for hydroxylation is 2. The minimum atomic E-state index is -0.00620. The van der Waals surface area contributed by atoms with E-state index < -0.39 is 0 Å². The van der Waals surface area contributed by atoms with Crippen molar-refractivity contribution in [2.45, 2.75) is 26.2 Å². The molecule has 0 unspecified atom stereocenters. The van der Waals surface area contributed by atoms with E-state index in [1.807, 2.05) is 31.2 Å². The highest BCUT2D eigenvalue weighted by molar-refractivity contribution is 5.97. The quantitative estimate of drug-likeness (QED) is 0.827. The van der Waals surface area contributed by atoms with E-state index in [1.54, 1.807) is 11.8 Å². The fourth-order valence-corrected chi connectivity index (χ4v) is 2.45. The van der Waals surface area contributed by atoms with Gasteiger partial charge in [-0.3, -0.25) is 4.79 Å². The average molecular weight is 257 g/mol. The lowest BCUT2D eigenvalue weighted by Crippen LogP contribution is -2.25. The van der Waals surface area contributed by atoms with Gasteiger partial charge in [0, 0.05) is 18.7 Å². The Morgan fingerprint density at radius 1 is 1.32 bits per heavy atom. The Kier molecular flexibility index (Phi) is 2.81. The first-order valence-electron chi connectivity index (χ1n) is 6.31. The summed E-state index contributed by atoms with van der Waals surface area (Å²) < 4.78 is 5.17. The van der Waals surface area contributed by atoms with Crippen molar-refractivity contribution in [2.75, 3.05) is 11.4 Å². The van der Waals surface area contributed by atoms with Crippen molar-refractivity contribution >= 4 is 11.6 Å². The molecule has 1 aromatic carbocycles. The van der Waals surface area contributed by atoms with E-state index in [0.29, 0.717) is 24.7 Å². The van der Waals surface area contributed by atoms with Gasteiger partial charge in [-0.2, -0.15) is 4.98 Å². The van der Waals surface area contributed by atoms with Crippen LogP contribution in [0.4, 0.5) is 5.69 Å². The van der Waals surface area contributed by atoms with Gasteiger partial charge in [0.25, 0.3) is 0 Å². The first kappa shape index (κ1) is 11.9. The lowest BCUT2D eigenvalue weighted by Gasteiger charge is -2.18. The second-order valence-electron chi connectivity index (χ2n) is 4.87. The summed E-state index contributed by atoms with van der Waals surface area (Å²) in [6, 6.07) is 7.89. The van der Waals surface area contributed by atoms with Gasteiger partial charge in [-0.15, -0.1) is 0 Å². The van der Waals surface area contributed by atoms with Gasteiger partial charge in [0.05, 0.1) is 5.92 Å². The molecule has 0 aliphatic carbocycles. The van der Waals surface area contributed by atoms with Crippen LogP contribution in [-0.4, -0.2) is 22.6 Å². The monoisotopic (exact) mass is 257 g/mol. The van der Waals surface area contributed by atoms with E-state index in [0.717, 1.165) is 11.3 Å². The van der Waals surface area contributed by atoms with E-state index in [2.05, 4.69) is 10.1 Å². The van der Waals surface area contributed by atoms with Gasteiger partial charge < -0.3 is 9.42 Å². The van der Waals surface area contributed by atoms with Crippen molar-refractivity contribution in [3.8, 4) is 0 Å². The van der Waals surface area contributed by atoms with Crippen LogP contribution < -0.4 is 4.90 Å². The number of carbonyl (C=O) groups is 1. The van der Waals surface area contributed by atoms with Crippen LogP contribution in [0, 0.1) is 13.8 Å². The molecule has 0 spiro atoms. The Balaban J connectivity index is 1.86. The maximum atomic E-state index is 12.2. The fraction of sp³-hybridized carbons (Fsp3) is 0.357. The Bertz CT molecular complexity index is 621. The van der Waals surface area contributed by atoms with Gasteiger partial charge in [-0.05, 0) is 25.5 Å². The molecule has 1 aliphatic rings. The van der Waals surface area contributed by atoms with E-state index in [-0.39, 0.29) is 11.8 Å². The normalized spacial score (nSPS) is 19.2. The van der Waals surface area contributed by atoms with Crippen molar-refractivity contribution in [1.82, 2.24) is 10.1 Å². The Morgan fingerprint density at radius 3 is 2.79 bits per heavy atom. The number of carbonyl (C=O) groups excluding carboxylic acids is 1. The molecule has 3 rings (SSSR count). The van der Waals surface area contributed by atoms with Crippen LogP contribution in [0.1, 0.15) is 29.6 Å². The molecular weight excluding hydrogens is 242 g/mol. The molecule has 0 saturated carbocycles. The Labute approximate surface area is 111 Å². The molecule has 19 heavy (non-hydrogen) atoms. The molecule has 1 aliphatic heterocycles. The van der Waals surface area contributed by atoms with E-state index in [1.165, 1.54) is 0 Å². The summed E-state index contributed by atoms with van der Waals surface area (Å²) in [5, 5.41) is 3.79. The van der Waals surface area contributed by atoms with E-state index in [4.69, 9.17) is 4.52 Å². The van der Waals surface area contributed by atoms with Gasteiger partial charge in [-0.25, -0.2) is 0 Å². The fourth-order valence-electron chi connectivity index (χ4n) is 2.45. The number of benzene rings is 1. The Morgan fingerprint density at radius 2 is 2.11 bits per heavy atom. The smallest absolute Gasteiger partial charge is 0.232 e. The zero-order valence-corrected chi connectivity index (χ0v) is 11.0. The number of anilines is 1. The van der Waals surface area contributed by atoms with Crippen LogP contribution in [0.2, 0.25) is 0 Å². The highest BCUT2D eigenvalue weighted by Crippen LogP contribution is 2.32. The molecule has 0 radical (unpaired) electrons. The summed E-state index contributed by atoms with van der Waals surface area (Å²) in [5.41, 5.74) is 2.06. The van der Waals surface area contributed by atoms with Crippen molar-refractivity contribution in [3.63, 3.8) is 0 Å². The predicted octanol–water partition coefficient (Wildman–Crippen LogP) is 2.21. The van der Waals surface area contributed by atoms with Crippen molar-refractivity contribution in [1.29, 1.82) is 0 Å². The molecule has 2 heterocycles. The Hall–Kier alpha value is -2.17. The number of hydrogen-bond donors (Lipinski definition) is 0. The highest BCUT2D eigenvalue weighted by atomic mass is 16.5. The largest absolute Gasteiger partial charge is 0.339 e. The van der Waals surface area contributed by atoms with Gasteiger partial charge in [0.2, 0.25) is 11.8 Å². The first-order chi connectivity index (χ1) is 9.15. The molecule has 1 fully saturated rings. The molecule has 1 atom stereocenters. The second-order valence-corrected chi connectivity index (χ2v) is 4.87. The summed E-state index contributed by atoms with van der Waals surface area (Å²) in [4.78, 5) is 18.2. The lowest BCUT2D eigenvalue weighted by atomic mass is 10.1. The number of nitrogens with zero attached hydrogens (tertiary/aromatic N) is 3. The molecule has 5 heteroatoms. The van der Waals surface area contributed by atoms with Crippen LogP contribution in [0.5, 0.6) is 0 Å². The average Bonchev–Trinajstić information content (AvgIpc) is 2.96. The molecule has 0 bridgehead atoms. The van der Waals surface area contributed by atoms with Gasteiger partial charge in [0.1, 0.15) is 0 Å². The minimum absolute atomic E-state index is 0.00620. The minimum Gasteiger partial charge on any atom is -0.339 e. The first-order valence-corrected chi connectivity index (χ1v) is 6.31. The molecule has 0 N–H and O–H groups in total. The van der Waals surface area contributed by atoms with Crippen LogP contribution in [0.15, 0.2) is 28.8 Å². The third-order valence-corrected chi connectivity index (χ3v) is 3.42. The molecule has 1 saturated heterocycles. The summed E-state index contributed by atoms with van der Waals surface area (Å²) in [6.07, 6.45) is 0.427. The van der Waals surface area contributed by atoms with Crippen LogP contribution in [-0.2, 0) is 4.79 Å². The molecule has 1 aromatic heterocycles. The molecular formula is C14H15N3O2. The number of amides is 1. The molecule has 98 valence electrons. The third kappa shape index (κ3) is 2.12. The van der Waals surface area contributed by atoms with E-state index >= 15 is 0 Å². The number of hydrogen-bond acceptors (Lipinski definition) is 4. The van der Waals surface area contributed by atoms with Crippen LogP contribution in [0.3, 0.4) is 0 Å². The number of rotatable bonds is 2. The predicted molar refractivity (Wildman–Crippen MR) is 69.9 cm³/mol. The highest BCUT2D eigenvalue weighted by Gasteiger charge is 2.35. The van der Waals surface area contributed by atoms with Gasteiger partial charge >= 0.3 is 0 Å². The zero-order chi connectivity index (χ0) is 13.4. The second kappa shape index (κ2) is 4.50. The maximum Gasteiger partial charge on any atom is 0.232 e.